The quantitative estimate of drug-likeness (QED) is 0.474. The van der Waals surface area contributed by atoms with Crippen LogP contribution in [0.4, 0.5) is 5.82 Å². The van der Waals surface area contributed by atoms with Crippen LogP contribution in [0.25, 0.3) is 11.2 Å². The molecule has 2 aromatic heterocycles. The van der Waals surface area contributed by atoms with E-state index < -0.39 is 39.0 Å². The highest BCUT2D eigenvalue weighted by atomic mass is 31.2. The molecule has 12 nitrogen and oxygen atoms in total. The van der Waals surface area contributed by atoms with Crippen molar-refractivity contribution in [1.82, 2.24) is 19.5 Å². The molecule has 0 radical (unpaired) electrons. The molecule has 3 heterocycles. The molecule has 0 spiro atoms. The van der Waals surface area contributed by atoms with Gasteiger partial charge in [0, 0.05) is 0 Å². The van der Waals surface area contributed by atoms with Gasteiger partial charge in [-0.05, 0) is 0 Å². The summed E-state index contributed by atoms with van der Waals surface area (Å²) < 4.78 is 21.9. The number of hydrogen-bond donors (Lipinski definition) is 3. The number of phosphoric ester groups is 1. The van der Waals surface area contributed by atoms with Gasteiger partial charge in [-0.3, -0.25) is 4.57 Å². The molecule has 0 aromatic carbocycles. The van der Waals surface area contributed by atoms with E-state index in [0.717, 1.165) is 6.33 Å². The minimum atomic E-state index is -5.41. The van der Waals surface area contributed by atoms with Gasteiger partial charge in [0.05, 0.1) is 20.8 Å². The standard InChI is InChI=1S/C10H14N5O7P/c11-8-5-9(13-2-12-8)15(3-14-5)10-7(22-23(18,19)20)6(17)4(1-16)21-10/h2-4,6-7,10,16-17H,1H2,(H2,11,12,13)(H2,18,19,20)/p-2/t4-,6+,7+,10-/m0/s1. The van der Waals surface area contributed by atoms with Crippen LogP contribution in [0.3, 0.4) is 0 Å². The highest BCUT2D eigenvalue weighted by Crippen LogP contribution is 2.40. The fourth-order valence-electron chi connectivity index (χ4n) is 2.41. The van der Waals surface area contributed by atoms with E-state index >= 15 is 0 Å². The summed E-state index contributed by atoms with van der Waals surface area (Å²) in [5.74, 6) is 0.0850. The van der Waals surface area contributed by atoms with Crippen molar-refractivity contribution in [3.63, 3.8) is 0 Å². The summed E-state index contributed by atoms with van der Waals surface area (Å²) in [6.45, 7) is -0.608. The zero-order valence-corrected chi connectivity index (χ0v) is 12.3. The summed E-state index contributed by atoms with van der Waals surface area (Å²) in [6, 6.07) is 0. The summed E-state index contributed by atoms with van der Waals surface area (Å²) in [5, 5.41) is 19.2. The molecule has 4 N–H and O–H groups in total. The molecule has 0 amide bonds. The average Bonchev–Trinajstić information content (AvgIpc) is 3.01. The Morgan fingerprint density at radius 1 is 1.43 bits per heavy atom. The molecule has 1 aliphatic heterocycles. The van der Waals surface area contributed by atoms with Crippen LogP contribution in [-0.4, -0.2) is 54.7 Å². The Morgan fingerprint density at radius 2 is 2.17 bits per heavy atom. The predicted octanol–water partition coefficient (Wildman–Crippen LogP) is -3.13. The van der Waals surface area contributed by atoms with Gasteiger partial charge in [-0.2, -0.15) is 0 Å². The number of aromatic nitrogens is 4. The van der Waals surface area contributed by atoms with Crippen LogP contribution in [0, 0.1) is 0 Å². The predicted molar refractivity (Wildman–Crippen MR) is 69.2 cm³/mol. The van der Waals surface area contributed by atoms with E-state index in [0.29, 0.717) is 0 Å². The largest absolute Gasteiger partial charge is 0.790 e. The number of fused-ring (bicyclic) bond motifs is 1. The van der Waals surface area contributed by atoms with Crippen LogP contribution in [0.1, 0.15) is 6.23 Å². The molecule has 0 unspecified atom stereocenters. The molecule has 4 atom stereocenters. The van der Waals surface area contributed by atoms with Gasteiger partial charge < -0.3 is 39.6 Å². The molecular formula is C10H12N5O7P-2. The molecule has 0 bridgehead atoms. The van der Waals surface area contributed by atoms with E-state index in [1.54, 1.807) is 0 Å². The van der Waals surface area contributed by atoms with Crippen molar-refractivity contribution in [2.45, 2.75) is 24.5 Å². The maximum atomic E-state index is 10.9. The Bertz CT molecular complexity index is 763. The first-order valence-electron chi connectivity index (χ1n) is 6.39. The Balaban J connectivity index is 2.04. The molecule has 13 heteroatoms. The van der Waals surface area contributed by atoms with Crippen molar-refractivity contribution in [1.29, 1.82) is 0 Å². The minimum Gasteiger partial charge on any atom is -0.790 e. The van der Waals surface area contributed by atoms with Crippen LogP contribution in [-0.2, 0) is 13.8 Å². The van der Waals surface area contributed by atoms with Crippen LogP contribution in [0.5, 0.6) is 0 Å². The van der Waals surface area contributed by atoms with E-state index in [4.69, 9.17) is 10.5 Å². The highest BCUT2D eigenvalue weighted by molar-refractivity contribution is 7.43. The maximum Gasteiger partial charge on any atom is 0.167 e. The normalized spacial score (nSPS) is 28.5. The SMILES string of the molecule is Nc1ncnc2c1ncn2[C@H]1O[C@@H](CO)[C@@H](O)[C@H]1OP(=O)([O-])[O-]. The van der Waals surface area contributed by atoms with Gasteiger partial charge in [0.2, 0.25) is 0 Å². The van der Waals surface area contributed by atoms with Crippen molar-refractivity contribution in [2.24, 2.45) is 0 Å². The van der Waals surface area contributed by atoms with Crippen molar-refractivity contribution < 1.29 is 33.8 Å². The lowest BCUT2D eigenvalue weighted by atomic mass is 10.1. The number of ether oxygens (including phenoxy) is 1. The van der Waals surface area contributed by atoms with Gasteiger partial charge in [-0.25, -0.2) is 15.0 Å². The molecule has 1 aliphatic rings. The van der Waals surface area contributed by atoms with Gasteiger partial charge in [0.25, 0.3) is 0 Å². The second-order valence-electron chi connectivity index (χ2n) is 4.84. The van der Waals surface area contributed by atoms with E-state index in [1.807, 2.05) is 0 Å². The van der Waals surface area contributed by atoms with Crippen molar-refractivity contribution >= 4 is 24.8 Å². The topological polar surface area (TPSA) is 192 Å². The lowest BCUT2D eigenvalue weighted by molar-refractivity contribution is -0.347. The van der Waals surface area contributed by atoms with Gasteiger partial charge in [-0.15, -0.1) is 0 Å². The highest BCUT2D eigenvalue weighted by Gasteiger charge is 2.46. The second-order valence-corrected chi connectivity index (χ2v) is 5.94. The third-order valence-corrected chi connectivity index (χ3v) is 3.91. The lowest BCUT2D eigenvalue weighted by Gasteiger charge is -2.34. The summed E-state index contributed by atoms with van der Waals surface area (Å²) in [4.78, 5) is 33.5. The van der Waals surface area contributed by atoms with Crippen molar-refractivity contribution in [3.05, 3.63) is 12.7 Å². The second kappa shape index (κ2) is 5.76. The van der Waals surface area contributed by atoms with E-state index in [9.17, 15) is 24.6 Å². The number of anilines is 1. The smallest absolute Gasteiger partial charge is 0.167 e. The third-order valence-electron chi connectivity index (χ3n) is 3.40. The van der Waals surface area contributed by atoms with Crippen LogP contribution in [0.2, 0.25) is 0 Å². The Morgan fingerprint density at radius 3 is 2.83 bits per heavy atom. The van der Waals surface area contributed by atoms with Gasteiger partial charge in [-0.1, -0.05) is 0 Å². The summed E-state index contributed by atoms with van der Waals surface area (Å²) >= 11 is 0. The molecule has 2 aromatic rings. The van der Waals surface area contributed by atoms with Crippen LogP contribution >= 0.6 is 7.82 Å². The fourth-order valence-corrected chi connectivity index (χ4v) is 2.94. The fraction of sp³-hybridized carbons (Fsp3) is 0.500. The number of rotatable bonds is 4. The van der Waals surface area contributed by atoms with Crippen molar-refractivity contribution in [3.8, 4) is 0 Å². The third kappa shape index (κ3) is 2.93. The number of hydrogen-bond acceptors (Lipinski definition) is 11. The molecule has 0 aliphatic carbocycles. The first-order valence-corrected chi connectivity index (χ1v) is 7.85. The molecule has 1 fully saturated rings. The minimum absolute atomic E-state index is 0.0850. The average molecular weight is 345 g/mol. The molecule has 23 heavy (non-hydrogen) atoms. The van der Waals surface area contributed by atoms with Crippen LogP contribution < -0.4 is 15.5 Å². The Hall–Kier alpha value is -1.66. The number of phosphoric acid groups is 1. The maximum absolute atomic E-state index is 10.9. The number of imidazole rings is 1. The van der Waals surface area contributed by atoms with E-state index in [-0.39, 0.29) is 17.0 Å². The van der Waals surface area contributed by atoms with Gasteiger partial charge >= 0.3 is 0 Å². The number of nitrogen functional groups attached to an aromatic ring is 1. The molecule has 1 saturated heterocycles. The monoisotopic (exact) mass is 345 g/mol. The van der Waals surface area contributed by atoms with Crippen LogP contribution in [0.15, 0.2) is 12.7 Å². The lowest BCUT2D eigenvalue weighted by Crippen LogP contribution is -2.37. The molecule has 3 rings (SSSR count). The van der Waals surface area contributed by atoms with Gasteiger partial charge in [0.15, 0.2) is 17.7 Å². The number of nitrogens with zero attached hydrogens (tertiary/aromatic N) is 4. The zero-order chi connectivity index (χ0) is 16.8. The number of aliphatic hydroxyl groups is 2. The van der Waals surface area contributed by atoms with Crippen molar-refractivity contribution in [2.75, 3.05) is 12.3 Å². The number of aliphatic hydroxyl groups excluding tert-OH is 2. The zero-order valence-electron chi connectivity index (χ0n) is 11.4. The number of nitrogens with two attached hydrogens (primary N) is 1. The van der Waals surface area contributed by atoms with E-state index in [1.165, 1.54) is 10.9 Å². The first kappa shape index (κ1) is 16.2. The van der Waals surface area contributed by atoms with E-state index in [2.05, 4.69) is 19.5 Å². The summed E-state index contributed by atoms with van der Waals surface area (Å²) in [7, 11) is -5.41. The van der Waals surface area contributed by atoms with Gasteiger partial charge in [0.1, 0.15) is 30.2 Å². The summed E-state index contributed by atoms with van der Waals surface area (Å²) in [6.07, 6.45) is -3.12. The molecule has 0 saturated carbocycles. The molecular weight excluding hydrogens is 333 g/mol. The summed E-state index contributed by atoms with van der Waals surface area (Å²) in [5.41, 5.74) is 6.07. The first-order chi connectivity index (χ1) is 10.8. The molecule has 126 valence electrons. The Labute approximate surface area is 128 Å². The Kier molecular flexibility index (Phi) is 4.06.